The molecule has 3 N–H and O–H groups in total. The minimum atomic E-state index is -1.09. The van der Waals surface area contributed by atoms with Crippen LogP contribution < -0.4 is 20.7 Å². The summed E-state index contributed by atoms with van der Waals surface area (Å²) in [6.07, 6.45) is 1.61. The summed E-state index contributed by atoms with van der Waals surface area (Å²) in [5.74, 6) is 1.16. The highest BCUT2D eigenvalue weighted by molar-refractivity contribution is 5.90. The lowest BCUT2D eigenvalue weighted by atomic mass is 10.2. The second kappa shape index (κ2) is 10.0. The van der Waals surface area contributed by atoms with Crippen LogP contribution in [0.3, 0.4) is 0 Å². The van der Waals surface area contributed by atoms with Gasteiger partial charge in [0.2, 0.25) is 11.8 Å². The fourth-order valence-corrected chi connectivity index (χ4v) is 5.31. The van der Waals surface area contributed by atoms with Crippen molar-refractivity contribution in [2.75, 3.05) is 56.4 Å². The third-order valence-corrected chi connectivity index (χ3v) is 7.47. The van der Waals surface area contributed by atoms with E-state index in [2.05, 4.69) is 30.4 Å². The summed E-state index contributed by atoms with van der Waals surface area (Å²) in [4.78, 5) is 13.5. The van der Waals surface area contributed by atoms with Gasteiger partial charge in [0.1, 0.15) is 17.7 Å². The Morgan fingerprint density at radius 2 is 1.95 bits per heavy atom. The Balaban J connectivity index is 0.990. The van der Waals surface area contributed by atoms with Crippen molar-refractivity contribution in [2.24, 2.45) is 0 Å². The zero-order valence-corrected chi connectivity index (χ0v) is 21.6. The SMILES string of the molecule is Nc1nc2c(cnn2CCN2CCN(c3ccc(O[C@H]4CNC[C@H]4F)cc3F)CC2)c2nc(-c3ccco3)nn12. The molecule has 6 heterocycles. The second-order valence-electron chi connectivity index (χ2n) is 10.00. The average Bonchev–Trinajstić information content (AvgIpc) is 3.76. The normalized spacial score (nSPS) is 20.2. The van der Waals surface area contributed by atoms with Gasteiger partial charge >= 0.3 is 0 Å². The largest absolute Gasteiger partial charge is 0.486 e. The van der Waals surface area contributed by atoms with E-state index < -0.39 is 12.3 Å². The summed E-state index contributed by atoms with van der Waals surface area (Å²) < 4.78 is 43.1. The number of halogens is 2. The maximum atomic E-state index is 14.9. The van der Waals surface area contributed by atoms with E-state index in [-0.39, 0.29) is 18.3 Å². The first-order chi connectivity index (χ1) is 19.5. The monoisotopic (exact) mass is 550 g/mol. The number of alkyl halides is 1. The highest BCUT2D eigenvalue weighted by Crippen LogP contribution is 2.27. The Labute approximate surface area is 227 Å². The molecular formula is C26H28F2N10O2. The molecule has 2 atom stereocenters. The molecule has 0 bridgehead atoms. The van der Waals surface area contributed by atoms with Crippen LogP contribution in [0.1, 0.15) is 0 Å². The lowest BCUT2D eigenvalue weighted by Gasteiger charge is -2.36. The summed E-state index contributed by atoms with van der Waals surface area (Å²) in [6.45, 7) is 4.93. The highest BCUT2D eigenvalue weighted by Gasteiger charge is 2.29. The lowest BCUT2D eigenvalue weighted by Crippen LogP contribution is -2.47. The number of nitrogens with one attached hydrogen (secondary N) is 1. The van der Waals surface area contributed by atoms with Gasteiger partial charge in [-0.05, 0) is 24.3 Å². The maximum absolute atomic E-state index is 14.9. The lowest BCUT2D eigenvalue weighted by molar-refractivity contribution is 0.139. The third-order valence-electron chi connectivity index (χ3n) is 7.47. The molecular weight excluding hydrogens is 522 g/mol. The smallest absolute Gasteiger partial charge is 0.225 e. The van der Waals surface area contributed by atoms with E-state index >= 15 is 0 Å². The van der Waals surface area contributed by atoms with E-state index in [1.807, 2.05) is 9.58 Å². The molecule has 0 radical (unpaired) electrons. The Kier molecular flexibility index (Phi) is 6.20. The summed E-state index contributed by atoms with van der Waals surface area (Å²) in [5.41, 5.74) is 7.93. The van der Waals surface area contributed by atoms with E-state index in [1.54, 1.807) is 36.7 Å². The molecule has 0 amide bonds. The van der Waals surface area contributed by atoms with Crippen LogP contribution in [-0.2, 0) is 6.54 Å². The molecule has 4 aromatic heterocycles. The van der Waals surface area contributed by atoms with Gasteiger partial charge in [0, 0.05) is 51.9 Å². The zero-order valence-electron chi connectivity index (χ0n) is 21.6. The molecule has 0 aliphatic carbocycles. The number of nitrogen functional groups attached to an aromatic ring is 1. The van der Waals surface area contributed by atoms with Crippen LogP contribution in [0.2, 0.25) is 0 Å². The standard InChI is InChI=1S/C26H28F2N10O2/c27-18-12-16(40-22-15-30-14-19(22)28)3-4-20(18)36-8-5-35(6-9-36)7-10-37-24-17(13-31-37)25-32-23(21-2-1-11-39-21)34-38(25)26(29)33-24/h1-4,11-13,19,22,30H,5-10,14-15H2,(H2,29,33)/t19-,22+/m1/s1. The molecule has 2 aliphatic heterocycles. The maximum Gasteiger partial charge on any atom is 0.225 e. The molecule has 0 spiro atoms. The van der Waals surface area contributed by atoms with Crippen LogP contribution in [0.4, 0.5) is 20.4 Å². The molecule has 7 rings (SSSR count). The second-order valence-corrected chi connectivity index (χ2v) is 10.00. The number of nitrogens with two attached hydrogens (primary N) is 1. The Morgan fingerprint density at radius 1 is 1.07 bits per heavy atom. The molecule has 12 nitrogen and oxygen atoms in total. The van der Waals surface area contributed by atoms with Gasteiger partial charge in [-0.1, -0.05) is 0 Å². The van der Waals surface area contributed by atoms with Crippen LogP contribution in [0, 0.1) is 5.82 Å². The van der Waals surface area contributed by atoms with Crippen molar-refractivity contribution in [3.05, 3.63) is 48.6 Å². The van der Waals surface area contributed by atoms with Gasteiger partial charge < -0.3 is 25.1 Å². The number of hydrogen-bond donors (Lipinski definition) is 2. The summed E-state index contributed by atoms with van der Waals surface area (Å²) in [6, 6.07) is 8.33. The quantitative estimate of drug-likeness (QED) is 0.310. The molecule has 2 aliphatic rings. The van der Waals surface area contributed by atoms with Crippen molar-refractivity contribution < 1.29 is 17.9 Å². The molecule has 1 aromatic carbocycles. The predicted molar refractivity (Wildman–Crippen MR) is 143 cm³/mol. The van der Waals surface area contributed by atoms with Crippen LogP contribution in [-0.4, -0.2) is 92.4 Å². The van der Waals surface area contributed by atoms with Gasteiger partial charge in [-0.3, -0.25) is 4.90 Å². The van der Waals surface area contributed by atoms with Crippen molar-refractivity contribution in [1.29, 1.82) is 0 Å². The van der Waals surface area contributed by atoms with Crippen LogP contribution in [0.15, 0.2) is 47.2 Å². The molecule has 40 heavy (non-hydrogen) atoms. The van der Waals surface area contributed by atoms with Crippen molar-refractivity contribution in [3.8, 4) is 17.3 Å². The molecule has 5 aromatic rings. The van der Waals surface area contributed by atoms with E-state index in [1.165, 1.54) is 10.6 Å². The Morgan fingerprint density at radius 3 is 2.70 bits per heavy atom. The molecule has 14 heteroatoms. The summed E-state index contributed by atoms with van der Waals surface area (Å²) in [5, 5.41) is 12.6. The first-order valence-corrected chi connectivity index (χ1v) is 13.2. The molecule has 2 saturated heterocycles. The fraction of sp³-hybridized carbons (Fsp3) is 0.385. The van der Waals surface area contributed by atoms with Crippen molar-refractivity contribution in [3.63, 3.8) is 0 Å². The number of aromatic nitrogens is 6. The molecule has 2 fully saturated rings. The number of rotatable bonds is 7. The Hall–Kier alpha value is -4.30. The molecule has 208 valence electrons. The van der Waals surface area contributed by atoms with Crippen molar-refractivity contribution in [2.45, 2.75) is 18.8 Å². The van der Waals surface area contributed by atoms with Crippen LogP contribution in [0.25, 0.3) is 28.3 Å². The average molecular weight is 551 g/mol. The van der Waals surface area contributed by atoms with Gasteiger partial charge in [-0.2, -0.15) is 14.6 Å². The number of furan rings is 1. The summed E-state index contributed by atoms with van der Waals surface area (Å²) >= 11 is 0. The van der Waals surface area contributed by atoms with E-state index in [0.717, 1.165) is 25.0 Å². The number of hydrogen-bond acceptors (Lipinski definition) is 10. The van der Waals surface area contributed by atoms with Crippen LogP contribution in [0.5, 0.6) is 5.75 Å². The molecule has 0 saturated carbocycles. The summed E-state index contributed by atoms with van der Waals surface area (Å²) in [7, 11) is 0. The first-order valence-electron chi connectivity index (χ1n) is 13.2. The Bertz CT molecular complexity index is 1640. The minimum absolute atomic E-state index is 0.214. The van der Waals surface area contributed by atoms with Gasteiger partial charge in [-0.15, -0.1) is 5.10 Å². The van der Waals surface area contributed by atoms with Crippen molar-refractivity contribution >= 4 is 28.3 Å². The van der Waals surface area contributed by atoms with E-state index in [0.29, 0.717) is 60.5 Å². The number of fused-ring (bicyclic) bond motifs is 3. The molecule has 0 unspecified atom stereocenters. The number of piperazine rings is 1. The first kappa shape index (κ1) is 24.7. The zero-order chi connectivity index (χ0) is 27.2. The minimum Gasteiger partial charge on any atom is -0.486 e. The van der Waals surface area contributed by atoms with E-state index in [9.17, 15) is 8.78 Å². The van der Waals surface area contributed by atoms with Gasteiger partial charge in [0.15, 0.2) is 23.2 Å². The van der Waals surface area contributed by atoms with Crippen molar-refractivity contribution in [1.82, 2.24) is 39.6 Å². The number of anilines is 2. The predicted octanol–water partition coefficient (Wildman–Crippen LogP) is 1.97. The fourth-order valence-electron chi connectivity index (χ4n) is 5.31. The van der Waals surface area contributed by atoms with Gasteiger partial charge in [0.05, 0.1) is 30.1 Å². The third kappa shape index (κ3) is 4.48. The van der Waals surface area contributed by atoms with E-state index in [4.69, 9.17) is 14.9 Å². The number of nitrogens with zero attached hydrogens (tertiary/aromatic N) is 8. The van der Waals surface area contributed by atoms with Gasteiger partial charge in [0.25, 0.3) is 0 Å². The number of ether oxygens (including phenoxy) is 1. The number of benzene rings is 1. The highest BCUT2D eigenvalue weighted by atomic mass is 19.1. The van der Waals surface area contributed by atoms with Crippen LogP contribution >= 0.6 is 0 Å². The topological polar surface area (TPSA) is 128 Å². The van der Waals surface area contributed by atoms with Gasteiger partial charge in [-0.25, -0.2) is 18.4 Å².